The van der Waals surface area contributed by atoms with Gasteiger partial charge in [0.15, 0.2) is 0 Å². The zero-order valence-corrected chi connectivity index (χ0v) is 8.13. The van der Waals surface area contributed by atoms with Crippen LogP contribution in [0.5, 0.6) is 0 Å². The highest BCUT2D eigenvalue weighted by molar-refractivity contribution is 5.72. The maximum Gasteiger partial charge on any atom is 0.310 e. The minimum atomic E-state index is -0.474. The highest BCUT2D eigenvalue weighted by Crippen LogP contribution is 2.17. The van der Waals surface area contributed by atoms with Crippen LogP contribution in [-0.4, -0.2) is 13.1 Å². The van der Waals surface area contributed by atoms with Crippen LogP contribution in [0, 0.1) is 12.7 Å². The van der Waals surface area contributed by atoms with E-state index in [1.165, 1.54) is 13.2 Å². The molecule has 0 aliphatic rings. The maximum atomic E-state index is 13.2. The zero-order chi connectivity index (χ0) is 10.7. The first-order chi connectivity index (χ1) is 6.54. The molecular weight excluding hydrogens is 185 g/mol. The van der Waals surface area contributed by atoms with Gasteiger partial charge < -0.3 is 10.5 Å². The third-order valence-corrected chi connectivity index (χ3v) is 2.00. The Morgan fingerprint density at radius 1 is 1.57 bits per heavy atom. The summed E-state index contributed by atoms with van der Waals surface area (Å²) in [6, 6.07) is 2.77. The van der Waals surface area contributed by atoms with E-state index in [1.54, 1.807) is 13.0 Å². The van der Waals surface area contributed by atoms with Gasteiger partial charge in [-0.25, -0.2) is 4.39 Å². The summed E-state index contributed by atoms with van der Waals surface area (Å²) in [7, 11) is 1.27. The quantitative estimate of drug-likeness (QED) is 0.576. The fraction of sp³-hybridized carbons (Fsp3) is 0.300. The number of ether oxygens (including phenoxy) is 1. The van der Waals surface area contributed by atoms with Crippen LogP contribution in [0.2, 0.25) is 0 Å². The molecule has 1 rings (SSSR count). The van der Waals surface area contributed by atoms with Crippen molar-refractivity contribution in [2.45, 2.75) is 13.3 Å². The highest BCUT2D eigenvalue weighted by Gasteiger charge is 2.09. The van der Waals surface area contributed by atoms with Gasteiger partial charge in [0.2, 0.25) is 0 Å². The standard InChI is InChI=1S/C10H12FNO2/c1-6-3-7(4-10(13)14-2)8(11)5-9(6)12/h3,5H,4,12H2,1-2H3. The van der Waals surface area contributed by atoms with Crippen molar-refractivity contribution in [3.63, 3.8) is 0 Å². The van der Waals surface area contributed by atoms with Gasteiger partial charge in [-0.3, -0.25) is 4.79 Å². The van der Waals surface area contributed by atoms with Gasteiger partial charge >= 0.3 is 5.97 Å². The third-order valence-electron chi connectivity index (χ3n) is 2.00. The number of rotatable bonds is 2. The van der Waals surface area contributed by atoms with E-state index < -0.39 is 11.8 Å². The Balaban J connectivity index is 2.98. The molecule has 0 aliphatic heterocycles. The molecule has 4 heteroatoms. The average molecular weight is 197 g/mol. The van der Waals surface area contributed by atoms with Crippen molar-refractivity contribution in [3.05, 3.63) is 29.1 Å². The predicted octanol–water partition coefficient (Wildman–Crippen LogP) is 1.43. The van der Waals surface area contributed by atoms with E-state index in [2.05, 4.69) is 4.74 Å². The third kappa shape index (κ3) is 2.22. The molecule has 0 aliphatic carbocycles. The number of nitrogen functional groups attached to an aromatic ring is 1. The van der Waals surface area contributed by atoms with Crippen molar-refractivity contribution in [1.82, 2.24) is 0 Å². The largest absolute Gasteiger partial charge is 0.469 e. The number of halogens is 1. The first-order valence-corrected chi connectivity index (χ1v) is 4.16. The first kappa shape index (κ1) is 10.5. The molecule has 0 spiro atoms. The Hall–Kier alpha value is -1.58. The van der Waals surface area contributed by atoms with Crippen LogP contribution in [0.1, 0.15) is 11.1 Å². The number of aryl methyl sites for hydroxylation is 1. The second-order valence-corrected chi connectivity index (χ2v) is 3.05. The summed E-state index contributed by atoms with van der Waals surface area (Å²) in [5.74, 6) is -0.938. The minimum absolute atomic E-state index is 0.0660. The van der Waals surface area contributed by atoms with E-state index in [4.69, 9.17) is 5.73 Å². The van der Waals surface area contributed by atoms with Gasteiger partial charge in [-0.15, -0.1) is 0 Å². The normalized spacial score (nSPS) is 9.93. The van der Waals surface area contributed by atoms with Crippen LogP contribution in [0.3, 0.4) is 0 Å². The second kappa shape index (κ2) is 4.09. The molecule has 0 amide bonds. The van der Waals surface area contributed by atoms with E-state index in [-0.39, 0.29) is 6.42 Å². The van der Waals surface area contributed by atoms with Crippen molar-refractivity contribution in [3.8, 4) is 0 Å². The molecule has 0 bridgehead atoms. The van der Waals surface area contributed by atoms with Crippen LogP contribution in [0.15, 0.2) is 12.1 Å². The maximum absolute atomic E-state index is 13.2. The summed E-state index contributed by atoms with van der Waals surface area (Å²) in [6.45, 7) is 1.76. The fourth-order valence-corrected chi connectivity index (χ4v) is 1.12. The van der Waals surface area contributed by atoms with Gasteiger partial charge in [-0.2, -0.15) is 0 Å². The molecule has 0 saturated carbocycles. The van der Waals surface area contributed by atoms with Gasteiger partial charge in [-0.1, -0.05) is 6.07 Å². The number of nitrogens with two attached hydrogens (primary N) is 1. The zero-order valence-electron chi connectivity index (χ0n) is 8.13. The van der Waals surface area contributed by atoms with Crippen LogP contribution < -0.4 is 5.73 Å². The Bertz CT molecular complexity index is 363. The molecule has 2 N–H and O–H groups in total. The fourth-order valence-electron chi connectivity index (χ4n) is 1.12. The molecular formula is C10H12FNO2. The lowest BCUT2D eigenvalue weighted by atomic mass is 10.1. The number of methoxy groups -OCH3 is 1. The van der Waals surface area contributed by atoms with Crippen LogP contribution >= 0.6 is 0 Å². The summed E-state index contributed by atoms with van der Waals surface area (Å²) in [4.78, 5) is 10.9. The summed E-state index contributed by atoms with van der Waals surface area (Å²) in [5, 5.41) is 0. The SMILES string of the molecule is COC(=O)Cc1cc(C)c(N)cc1F. The average Bonchev–Trinajstić information content (AvgIpc) is 2.14. The monoisotopic (exact) mass is 197 g/mol. The molecule has 0 saturated heterocycles. The van der Waals surface area contributed by atoms with Gasteiger partial charge in [0.1, 0.15) is 5.82 Å². The van der Waals surface area contributed by atoms with Crippen molar-refractivity contribution >= 4 is 11.7 Å². The molecule has 0 unspecified atom stereocenters. The van der Waals surface area contributed by atoms with E-state index in [0.717, 1.165) is 5.56 Å². The first-order valence-electron chi connectivity index (χ1n) is 4.16. The molecule has 3 nitrogen and oxygen atoms in total. The summed E-state index contributed by atoms with van der Waals surface area (Å²) in [5.41, 5.74) is 6.95. The summed E-state index contributed by atoms with van der Waals surface area (Å²) in [6.07, 6.45) is -0.0660. The van der Waals surface area contributed by atoms with Gasteiger partial charge in [-0.05, 0) is 24.1 Å². The molecule has 0 aromatic heterocycles. The van der Waals surface area contributed by atoms with Crippen molar-refractivity contribution in [2.24, 2.45) is 0 Å². The molecule has 0 heterocycles. The minimum Gasteiger partial charge on any atom is -0.469 e. The van der Waals surface area contributed by atoms with Crippen molar-refractivity contribution in [1.29, 1.82) is 0 Å². The van der Waals surface area contributed by atoms with E-state index in [1.807, 2.05) is 0 Å². The Morgan fingerprint density at radius 3 is 2.79 bits per heavy atom. The Morgan fingerprint density at radius 2 is 2.21 bits per heavy atom. The van der Waals surface area contributed by atoms with Gasteiger partial charge in [0, 0.05) is 5.69 Å². The van der Waals surface area contributed by atoms with Crippen molar-refractivity contribution < 1.29 is 13.9 Å². The number of esters is 1. The number of benzene rings is 1. The lowest BCUT2D eigenvalue weighted by Crippen LogP contribution is -2.07. The number of hydrogen-bond acceptors (Lipinski definition) is 3. The smallest absolute Gasteiger partial charge is 0.310 e. The van der Waals surface area contributed by atoms with E-state index in [0.29, 0.717) is 11.3 Å². The van der Waals surface area contributed by atoms with Gasteiger partial charge in [0.25, 0.3) is 0 Å². The predicted molar refractivity (Wildman–Crippen MR) is 51.3 cm³/mol. The lowest BCUT2D eigenvalue weighted by molar-refractivity contribution is -0.139. The van der Waals surface area contributed by atoms with E-state index in [9.17, 15) is 9.18 Å². The molecule has 1 aromatic carbocycles. The van der Waals surface area contributed by atoms with Crippen molar-refractivity contribution in [2.75, 3.05) is 12.8 Å². The molecule has 0 radical (unpaired) electrons. The second-order valence-electron chi connectivity index (χ2n) is 3.05. The number of carbonyl (C=O) groups is 1. The molecule has 14 heavy (non-hydrogen) atoms. The number of anilines is 1. The highest BCUT2D eigenvalue weighted by atomic mass is 19.1. The van der Waals surface area contributed by atoms with Crippen LogP contribution in [-0.2, 0) is 16.0 Å². The Labute approximate surface area is 81.7 Å². The molecule has 1 aromatic rings. The van der Waals surface area contributed by atoms with Crippen LogP contribution in [0.25, 0.3) is 0 Å². The summed E-state index contributed by atoms with van der Waals surface area (Å²) >= 11 is 0. The lowest BCUT2D eigenvalue weighted by Gasteiger charge is -2.05. The molecule has 76 valence electrons. The van der Waals surface area contributed by atoms with E-state index >= 15 is 0 Å². The summed E-state index contributed by atoms with van der Waals surface area (Å²) < 4.78 is 17.7. The number of hydrogen-bond donors (Lipinski definition) is 1. The molecule has 0 fully saturated rings. The number of carbonyl (C=O) groups excluding carboxylic acids is 1. The molecule has 0 atom stereocenters. The van der Waals surface area contributed by atoms with Gasteiger partial charge in [0.05, 0.1) is 13.5 Å². The van der Waals surface area contributed by atoms with Crippen LogP contribution in [0.4, 0.5) is 10.1 Å². The topological polar surface area (TPSA) is 52.3 Å². The Kier molecular flexibility index (Phi) is 3.06.